The number of aliphatic hydroxyl groups is 2. The fraction of sp³-hybridized carbons (Fsp3) is 0.667. The standard InChI is InChI=1S/C21H30N2O6S/c1-21-9-8-15-14-7-5-13(23(30(27,28)29)20(26)22(2)3)10-12(14)4-6-16(15)17(21)11-18(24)19(21)25/h5,7,10,15-19,24-25H,4,6,8-9,11H2,1-3H3,(H,27,28,29)/t15?,16?,17?,18-,19+,21+/m1/s1. The first-order valence-corrected chi connectivity index (χ1v) is 11.8. The first-order valence-electron chi connectivity index (χ1n) is 10.4. The van der Waals surface area contributed by atoms with E-state index in [0.29, 0.717) is 16.6 Å². The van der Waals surface area contributed by atoms with E-state index < -0.39 is 28.5 Å². The lowest BCUT2D eigenvalue weighted by molar-refractivity contribution is -0.0505. The lowest BCUT2D eigenvalue weighted by atomic mass is 9.55. The molecule has 166 valence electrons. The summed E-state index contributed by atoms with van der Waals surface area (Å²) in [6, 6.07) is 4.29. The zero-order valence-electron chi connectivity index (χ0n) is 17.5. The van der Waals surface area contributed by atoms with Gasteiger partial charge in [0.15, 0.2) is 0 Å². The van der Waals surface area contributed by atoms with Gasteiger partial charge in [0, 0.05) is 14.1 Å². The molecule has 0 heterocycles. The normalized spacial score (nSPS) is 35.2. The number of hydrogen-bond donors (Lipinski definition) is 3. The Morgan fingerprint density at radius 3 is 2.53 bits per heavy atom. The molecule has 0 spiro atoms. The number of hydrogen-bond acceptors (Lipinski definition) is 5. The Kier molecular flexibility index (Phi) is 5.16. The van der Waals surface area contributed by atoms with E-state index in [4.69, 9.17) is 0 Å². The Balaban J connectivity index is 1.68. The topological polar surface area (TPSA) is 118 Å². The minimum absolute atomic E-state index is 0.126. The van der Waals surface area contributed by atoms with Crippen LogP contribution in [0.1, 0.15) is 49.7 Å². The van der Waals surface area contributed by atoms with Crippen molar-refractivity contribution in [3.05, 3.63) is 29.3 Å². The van der Waals surface area contributed by atoms with Crippen LogP contribution in [0.25, 0.3) is 0 Å². The van der Waals surface area contributed by atoms with E-state index in [1.807, 2.05) is 6.07 Å². The van der Waals surface area contributed by atoms with E-state index in [2.05, 4.69) is 6.92 Å². The van der Waals surface area contributed by atoms with E-state index >= 15 is 0 Å². The SMILES string of the molecule is CN(C)C(=O)N(c1ccc2c(c1)CCC1C2CC[C@@]2(C)C1C[C@@H](O)[C@@H]2O)S(=O)(=O)O. The zero-order valence-corrected chi connectivity index (χ0v) is 18.3. The Morgan fingerprint density at radius 1 is 1.20 bits per heavy atom. The minimum atomic E-state index is -4.76. The molecule has 3 N–H and O–H groups in total. The third kappa shape index (κ3) is 3.23. The molecule has 1 aromatic carbocycles. The third-order valence-electron chi connectivity index (χ3n) is 7.70. The molecule has 8 nitrogen and oxygen atoms in total. The van der Waals surface area contributed by atoms with Crippen LogP contribution in [0.5, 0.6) is 0 Å². The van der Waals surface area contributed by atoms with Crippen molar-refractivity contribution in [2.75, 3.05) is 18.4 Å². The monoisotopic (exact) mass is 438 g/mol. The van der Waals surface area contributed by atoms with Crippen LogP contribution in [0, 0.1) is 17.3 Å². The molecular weight excluding hydrogens is 408 g/mol. The Bertz CT molecular complexity index is 964. The number of anilines is 1. The van der Waals surface area contributed by atoms with E-state index in [1.54, 1.807) is 12.1 Å². The van der Waals surface area contributed by atoms with Gasteiger partial charge in [0.1, 0.15) is 0 Å². The van der Waals surface area contributed by atoms with Crippen molar-refractivity contribution in [3.8, 4) is 0 Å². The predicted octanol–water partition coefficient (Wildman–Crippen LogP) is 2.17. The van der Waals surface area contributed by atoms with Crippen molar-refractivity contribution < 1.29 is 28.0 Å². The molecule has 2 saturated carbocycles. The molecule has 0 bridgehead atoms. The predicted molar refractivity (Wildman–Crippen MR) is 112 cm³/mol. The summed E-state index contributed by atoms with van der Waals surface area (Å²) in [5.74, 6) is 0.885. The average molecular weight is 439 g/mol. The number of fused-ring (bicyclic) bond motifs is 5. The molecule has 0 aliphatic heterocycles. The summed E-state index contributed by atoms with van der Waals surface area (Å²) in [4.78, 5) is 13.5. The summed E-state index contributed by atoms with van der Waals surface area (Å²) >= 11 is 0. The van der Waals surface area contributed by atoms with Gasteiger partial charge in [-0.2, -0.15) is 12.7 Å². The maximum Gasteiger partial charge on any atom is 0.368 e. The highest BCUT2D eigenvalue weighted by molar-refractivity contribution is 7.88. The van der Waals surface area contributed by atoms with Gasteiger partial charge < -0.3 is 15.1 Å². The fourth-order valence-corrected chi connectivity index (χ4v) is 6.95. The molecule has 6 atom stereocenters. The fourth-order valence-electron chi connectivity index (χ4n) is 6.21. The van der Waals surface area contributed by atoms with Gasteiger partial charge in [-0.1, -0.05) is 13.0 Å². The molecule has 30 heavy (non-hydrogen) atoms. The number of rotatable bonds is 2. The average Bonchev–Trinajstić information content (AvgIpc) is 2.90. The summed E-state index contributed by atoms with van der Waals surface area (Å²) in [5.41, 5.74) is 1.98. The largest absolute Gasteiger partial charge is 0.390 e. The summed E-state index contributed by atoms with van der Waals surface area (Å²) in [6.07, 6.45) is 2.57. The second-order valence-corrected chi connectivity index (χ2v) is 10.8. The van der Waals surface area contributed by atoms with Gasteiger partial charge in [-0.3, -0.25) is 4.55 Å². The first-order chi connectivity index (χ1) is 13.9. The molecular formula is C21H30N2O6S. The van der Waals surface area contributed by atoms with Crippen LogP contribution in [0.2, 0.25) is 0 Å². The van der Waals surface area contributed by atoms with E-state index in [9.17, 15) is 28.0 Å². The van der Waals surface area contributed by atoms with Gasteiger partial charge >= 0.3 is 16.3 Å². The van der Waals surface area contributed by atoms with Crippen molar-refractivity contribution in [2.24, 2.45) is 17.3 Å². The molecule has 0 saturated heterocycles. The number of urea groups is 1. The molecule has 3 unspecified atom stereocenters. The number of carbonyl (C=O) groups is 1. The van der Waals surface area contributed by atoms with Crippen LogP contribution < -0.4 is 4.31 Å². The highest BCUT2D eigenvalue weighted by Crippen LogP contribution is 2.61. The number of nitrogens with zero attached hydrogens (tertiary/aromatic N) is 2. The van der Waals surface area contributed by atoms with Crippen LogP contribution >= 0.6 is 0 Å². The molecule has 2 amide bonds. The number of benzene rings is 1. The molecule has 1 aromatic rings. The Labute approximate surface area is 177 Å². The lowest BCUT2D eigenvalue weighted by Gasteiger charge is -2.50. The van der Waals surface area contributed by atoms with E-state index in [1.165, 1.54) is 14.1 Å². The summed E-state index contributed by atoms with van der Waals surface area (Å²) < 4.78 is 33.8. The molecule has 3 aliphatic rings. The van der Waals surface area contributed by atoms with Gasteiger partial charge in [-0.15, -0.1) is 0 Å². The third-order valence-corrected chi connectivity index (χ3v) is 8.53. The molecule has 3 aliphatic carbocycles. The van der Waals surface area contributed by atoms with Crippen LogP contribution in [0.4, 0.5) is 10.5 Å². The maximum atomic E-state index is 12.4. The summed E-state index contributed by atoms with van der Waals surface area (Å²) in [6.45, 7) is 2.09. The van der Waals surface area contributed by atoms with Gasteiger partial charge in [-0.25, -0.2) is 4.79 Å². The molecule has 4 rings (SSSR count). The van der Waals surface area contributed by atoms with Crippen molar-refractivity contribution in [1.29, 1.82) is 0 Å². The second-order valence-electron chi connectivity index (χ2n) is 9.51. The van der Waals surface area contributed by atoms with Gasteiger partial charge in [0.25, 0.3) is 0 Å². The number of aliphatic hydroxyl groups excluding tert-OH is 2. The maximum absolute atomic E-state index is 12.4. The number of carbonyl (C=O) groups excluding carboxylic acids is 1. The quantitative estimate of drug-likeness (QED) is 0.609. The smallest absolute Gasteiger partial charge is 0.368 e. The van der Waals surface area contributed by atoms with Crippen molar-refractivity contribution in [1.82, 2.24) is 4.90 Å². The Morgan fingerprint density at radius 2 is 1.90 bits per heavy atom. The first kappa shape index (κ1) is 21.5. The van der Waals surface area contributed by atoms with Crippen LogP contribution in [-0.2, 0) is 16.7 Å². The zero-order chi connectivity index (χ0) is 22.0. The van der Waals surface area contributed by atoms with E-state index in [0.717, 1.165) is 41.7 Å². The van der Waals surface area contributed by atoms with Crippen molar-refractivity contribution in [2.45, 2.75) is 57.2 Å². The summed E-state index contributed by atoms with van der Waals surface area (Å²) in [5, 5.41) is 20.8. The van der Waals surface area contributed by atoms with Crippen molar-refractivity contribution >= 4 is 22.0 Å². The number of amides is 2. The van der Waals surface area contributed by atoms with E-state index in [-0.39, 0.29) is 22.9 Å². The minimum Gasteiger partial charge on any atom is -0.390 e. The molecule has 9 heteroatoms. The summed E-state index contributed by atoms with van der Waals surface area (Å²) in [7, 11) is -1.91. The van der Waals surface area contributed by atoms with Gasteiger partial charge in [0.05, 0.1) is 17.9 Å². The highest BCUT2D eigenvalue weighted by Gasteiger charge is 2.57. The van der Waals surface area contributed by atoms with Gasteiger partial charge in [0.2, 0.25) is 0 Å². The molecule has 0 aromatic heterocycles. The molecule has 2 fully saturated rings. The van der Waals surface area contributed by atoms with Crippen molar-refractivity contribution in [3.63, 3.8) is 0 Å². The lowest BCUT2D eigenvalue weighted by Crippen LogP contribution is -2.45. The second kappa shape index (κ2) is 7.19. The highest BCUT2D eigenvalue weighted by atomic mass is 32.2. The molecule has 0 radical (unpaired) electrons. The van der Waals surface area contributed by atoms with Crippen LogP contribution in [0.3, 0.4) is 0 Å². The number of aryl methyl sites for hydroxylation is 1. The van der Waals surface area contributed by atoms with Gasteiger partial charge in [-0.05, 0) is 78.5 Å². The van der Waals surface area contributed by atoms with Crippen LogP contribution in [0.15, 0.2) is 18.2 Å². The van der Waals surface area contributed by atoms with Crippen LogP contribution in [-0.4, -0.2) is 60.4 Å². The Hall–Kier alpha value is -1.68.